The minimum absolute atomic E-state index is 0.0250. The van der Waals surface area contributed by atoms with Crippen LogP contribution in [-0.2, 0) is 0 Å². The second-order valence-electron chi connectivity index (χ2n) is 4.89. The van der Waals surface area contributed by atoms with E-state index in [-0.39, 0.29) is 12.1 Å². The first-order chi connectivity index (χ1) is 9.69. The monoisotopic (exact) mass is 351 g/mol. The van der Waals surface area contributed by atoms with Crippen LogP contribution in [0.2, 0.25) is 5.02 Å². The van der Waals surface area contributed by atoms with E-state index in [1.807, 2.05) is 43.4 Å². The summed E-state index contributed by atoms with van der Waals surface area (Å²) in [5.74, 6) is 0.932. The summed E-state index contributed by atoms with van der Waals surface area (Å²) >= 11 is 9.78. The molecule has 0 radical (unpaired) electrons. The van der Waals surface area contributed by atoms with Crippen molar-refractivity contribution in [3.05, 3.63) is 63.1 Å². The van der Waals surface area contributed by atoms with Crippen LogP contribution < -0.4 is 10.1 Å². The lowest BCUT2D eigenvalue weighted by Gasteiger charge is -2.32. The van der Waals surface area contributed by atoms with Gasteiger partial charge in [-0.05, 0) is 25.2 Å². The van der Waals surface area contributed by atoms with Gasteiger partial charge >= 0.3 is 0 Å². The normalized spacial score (nSPS) is 21.1. The maximum absolute atomic E-state index is 6.35. The Kier molecular flexibility index (Phi) is 4.01. The lowest BCUT2D eigenvalue weighted by atomic mass is 9.93. The smallest absolute Gasteiger partial charge is 0.127 e. The van der Waals surface area contributed by atoms with Crippen LogP contribution in [0.25, 0.3) is 0 Å². The van der Waals surface area contributed by atoms with Gasteiger partial charge in [0.2, 0.25) is 0 Å². The van der Waals surface area contributed by atoms with E-state index in [0.29, 0.717) is 0 Å². The van der Waals surface area contributed by atoms with Gasteiger partial charge in [0.1, 0.15) is 11.9 Å². The molecular formula is C16H15BrClNO. The maximum atomic E-state index is 6.35. The first-order valence-electron chi connectivity index (χ1n) is 6.57. The van der Waals surface area contributed by atoms with Gasteiger partial charge in [-0.1, -0.05) is 51.8 Å². The highest BCUT2D eigenvalue weighted by atomic mass is 79.9. The van der Waals surface area contributed by atoms with Gasteiger partial charge in [0.05, 0.1) is 0 Å². The fraction of sp³-hybridized carbons (Fsp3) is 0.250. The van der Waals surface area contributed by atoms with Crippen molar-refractivity contribution in [2.75, 3.05) is 7.05 Å². The lowest BCUT2D eigenvalue weighted by molar-refractivity contribution is 0.154. The van der Waals surface area contributed by atoms with Crippen molar-refractivity contribution >= 4 is 27.5 Å². The minimum atomic E-state index is -0.0250. The molecule has 0 spiro atoms. The molecule has 0 bridgehead atoms. The maximum Gasteiger partial charge on any atom is 0.127 e. The van der Waals surface area contributed by atoms with Gasteiger partial charge in [-0.3, -0.25) is 0 Å². The predicted molar refractivity (Wildman–Crippen MR) is 85.4 cm³/mol. The number of rotatable bonds is 2. The molecular weight excluding hydrogens is 338 g/mol. The Morgan fingerprint density at radius 3 is 2.75 bits per heavy atom. The molecule has 4 heteroatoms. The average Bonchev–Trinajstić information content (AvgIpc) is 2.46. The SMILES string of the molecule is CNC1CC(c2ccc(Br)cc2Cl)Oc2ccccc21. The lowest BCUT2D eigenvalue weighted by Crippen LogP contribution is -2.26. The number of benzene rings is 2. The summed E-state index contributed by atoms with van der Waals surface area (Å²) in [7, 11) is 1.98. The summed E-state index contributed by atoms with van der Waals surface area (Å²) < 4.78 is 7.11. The fourth-order valence-corrected chi connectivity index (χ4v) is 3.44. The molecule has 2 unspecified atom stereocenters. The highest BCUT2D eigenvalue weighted by Crippen LogP contribution is 2.42. The van der Waals surface area contributed by atoms with Gasteiger partial charge in [0, 0.05) is 33.1 Å². The zero-order chi connectivity index (χ0) is 14.1. The van der Waals surface area contributed by atoms with E-state index in [9.17, 15) is 0 Å². The van der Waals surface area contributed by atoms with Crippen molar-refractivity contribution in [3.8, 4) is 5.75 Å². The molecule has 104 valence electrons. The molecule has 2 aromatic rings. The first kappa shape index (κ1) is 13.9. The van der Waals surface area contributed by atoms with Gasteiger partial charge in [-0.25, -0.2) is 0 Å². The predicted octanol–water partition coefficient (Wildman–Crippen LogP) is 4.89. The Hall–Kier alpha value is -1.03. The molecule has 0 fully saturated rings. The van der Waals surface area contributed by atoms with Gasteiger partial charge in [-0.2, -0.15) is 0 Å². The summed E-state index contributed by atoms with van der Waals surface area (Å²) in [6.45, 7) is 0. The molecule has 3 rings (SSSR count). The van der Waals surface area contributed by atoms with Crippen LogP contribution in [0.15, 0.2) is 46.9 Å². The highest BCUT2D eigenvalue weighted by Gasteiger charge is 2.29. The zero-order valence-corrected chi connectivity index (χ0v) is 13.4. The van der Waals surface area contributed by atoms with Crippen molar-refractivity contribution < 1.29 is 4.74 Å². The van der Waals surface area contributed by atoms with Crippen LogP contribution in [0, 0.1) is 0 Å². The third kappa shape index (κ3) is 2.58. The van der Waals surface area contributed by atoms with E-state index in [2.05, 4.69) is 27.3 Å². The number of nitrogens with one attached hydrogen (secondary N) is 1. The molecule has 2 atom stereocenters. The van der Waals surface area contributed by atoms with Crippen LogP contribution in [0.1, 0.15) is 29.7 Å². The number of halogens is 2. The van der Waals surface area contributed by atoms with Gasteiger partial charge in [0.15, 0.2) is 0 Å². The molecule has 1 heterocycles. The van der Waals surface area contributed by atoms with Crippen molar-refractivity contribution in [1.82, 2.24) is 5.32 Å². The summed E-state index contributed by atoms with van der Waals surface area (Å²) in [6, 6.07) is 14.4. The topological polar surface area (TPSA) is 21.3 Å². The summed E-state index contributed by atoms with van der Waals surface area (Å²) in [6.07, 6.45) is 0.845. The van der Waals surface area contributed by atoms with E-state index in [0.717, 1.165) is 27.2 Å². The van der Waals surface area contributed by atoms with Crippen LogP contribution in [0.5, 0.6) is 5.75 Å². The Balaban J connectivity index is 1.97. The Morgan fingerprint density at radius 2 is 2.00 bits per heavy atom. The van der Waals surface area contributed by atoms with Crippen molar-refractivity contribution in [2.24, 2.45) is 0 Å². The number of hydrogen-bond acceptors (Lipinski definition) is 2. The summed E-state index contributed by atoms with van der Waals surface area (Å²) in [4.78, 5) is 0. The summed E-state index contributed by atoms with van der Waals surface area (Å²) in [5.41, 5.74) is 2.24. The largest absolute Gasteiger partial charge is 0.485 e. The molecule has 0 saturated heterocycles. The second kappa shape index (κ2) is 5.76. The first-order valence-corrected chi connectivity index (χ1v) is 7.74. The standard InChI is InChI=1S/C16H15BrClNO/c1-19-14-9-16(11-7-6-10(17)8-13(11)18)20-15-5-3-2-4-12(14)15/h2-8,14,16,19H,9H2,1H3. The van der Waals surface area contributed by atoms with E-state index < -0.39 is 0 Å². The minimum Gasteiger partial charge on any atom is -0.485 e. The third-order valence-electron chi connectivity index (χ3n) is 3.67. The molecule has 1 aliphatic rings. The van der Waals surface area contributed by atoms with Gasteiger partial charge in [-0.15, -0.1) is 0 Å². The van der Waals surface area contributed by atoms with E-state index >= 15 is 0 Å². The zero-order valence-electron chi connectivity index (χ0n) is 11.1. The van der Waals surface area contributed by atoms with Crippen LogP contribution in [0.3, 0.4) is 0 Å². The molecule has 0 aliphatic carbocycles. The molecule has 0 amide bonds. The molecule has 1 aliphatic heterocycles. The fourth-order valence-electron chi connectivity index (χ4n) is 2.64. The molecule has 2 aromatic carbocycles. The van der Waals surface area contributed by atoms with Crippen molar-refractivity contribution in [3.63, 3.8) is 0 Å². The Morgan fingerprint density at radius 1 is 1.20 bits per heavy atom. The van der Waals surface area contributed by atoms with Crippen molar-refractivity contribution in [2.45, 2.75) is 18.6 Å². The second-order valence-corrected chi connectivity index (χ2v) is 6.21. The van der Waals surface area contributed by atoms with E-state index in [4.69, 9.17) is 16.3 Å². The van der Waals surface area contributed by atoms with Crippen molar-refractivity contribution in [1.29, 1.82) is 0 Å². The third-order valence-corrected chi connectivity index (χ3v) is 4.49. The van der Waals surface area contributed by atoms with Crippen LogP contribution >= 0.6 is 27.5 Å². The molecule has 1 N–H and O–H groups in total. The quantitative estimate of drug-likeness (QED) is 0.831. The molecule has 20 heavy (non-hydrogen) atoms. The summed E-state index contributed by atoms with van der Waals surface area (Å²) in [5, 5.41) is 4.09. The van der Waals surface area contributed by atoms with Crippen LogP contribution in [-0.4, -0.2) is 7.05 Å². The van der Waals surface area contributed by atoms with Crippen LogP contribution in [0.4, 0.5) is 0 Å². The molecule has 2 nitrogen and oxygen atoms in total. The number of hydrogen-bond donors (Lipinski definition) is 1. The highest BCUT2D eigenvalue weighted by molar-refractivity contribution is 9.10. The number of ether oxygens (including phenoxy) is 1. The Bertz CT molecular complexity index is 632. The average molecular weight is 353 g/mol. The molecule has 0 saturated carbocycles. The van der Waals surface area contributed by atoms with Gasteiger partial charge in [0.25, 0.3) is 0 Å². The Labute approximate surface area is 132 Å². The van der Waals surface area contributed by atoms with E-state index in [1.165, 1.54) is 5.56 Å². The molecule has 0 aromatic heterocycles. The van der Waals surface area contributed by atoms with Gasteiger partial charge < -0.3 is 10.1 Å². The van der Waals surface area contributed by atoms with E-state index in [1.54, 1.807) is 0 Å². The number of fused-ring (bicyclic) bond motifs is 1. The number of para-hydroxylation sites is 1.